The number of halogens is 2. The first-order chi connectivity index (χ1) is 17.2. The van der Waals surface area contributed by atoms with Crippen LogP contribution in [0.5, 0.6) is 5.75 Å². The van der Waals surface area contributed by atoms with E-state index in [0.717, 1.165) is 10.7 Å². The lowest BCUT2D eigenvalue weighted by Crippen LogP contribution is -2.21. The van der Waals surface area contributed by atoms with Crippen molar-refractivity contribution in [3.8, 4) is 5.75 Å². The molecule has 0 saturated heterocycles. The Morgan fingerprint density at radius 3 is 2.81 bits per heavy atom. The van der Waals surface area contributed by atoms with Gasteiger partial charge in [0.15, 0.2) is 6.61 Å². The molecule has 4 rings (SSSR count). The number of hydrogen-bond acceptors (Lipinski definition) is 7. The SMILES string of the molecule is Cc1nc2ccc(Br)cc2c(=O)n1N=Cc1cc([N+](=O)[O-])ccc1OCC(=O)Nc1cccc(F)c1. The fourth-order valence-electron chi connectivity index (χ4n) is 3.30. The van der Waals surface area contributed by atoms with Crippen molar-refractivity contribution in [2.45, 2.75) is 6.92 Å². The maximum absolute atomic E-state index is 13.3. The number of aryl methyl sites for hydroxylation is 1. The number of anilines is 1. The van der Waals surface area contributed by atoms with Gasteiger partial charge < -0.3 is 10.1 Å². The molecule has 1 N–H and O–H groups in total. The fraction of sp³-hybridized carbons (Fsp3) is 0.0833. The second-order valence-electron chi connectivity index (χ2n) is 7.51. The predicted octanol–water partition coefficient (Wildman–Crippen LogP) is 4.41. The Balaban J connectivity index is 1.62. The summed E-state index contributed by atoms with van der Waals surface area (Å²) >= 11 is 3.32. The first-order valence-electron chi connectivity index (χ1n) is 10.4. The van der Waals surface area contributed by atoms with Crippen molar-refractivity contribution in [2.24, 2.45) is 5.10 Å². The molecule has 182 valence electrons. The van der Waals surface area contributed by atoms with Crippen LogP contribution in [0.15, 0.2) is 75.0 Å². The second kappa shape index (κ2) is 10.4. The normalized spacial score (nSPS) is 11.1. The summed E-state index contributed by atoms with van der Waals surface area (Å²) in [5, 5.41) is 18.3. The number of nitro benzene ring substituents is 1. The number of aromatic nitrogens is 2. The summed E-state index contributed by atoms with van der Waals surface area (Å²) in [7, 11) is 0. The number of non-ortho nitro benzene ring substituents is 1. The van der Waals surface area contributed by atoms with Crippen LogP contribution in [0.2, 0.25) is 0 Å². The van der Waals surface area contributed by atoms with Crippen LogP contribution in [0, 0.1) is 22.9 Å². The van der Waals surface area contributed by atoms with E-state index in [1.165, 1.54) is 42.6 Å². The molecule has 0 bridgehead atoms. The van der Waals surface area contributed by atoms with Crippen molar-refractivity contribution in [1.29, 1.82) is 0 Å². The molecule has 3 aromatic carbocycles. The Morgan fingerprint density at radius 1 is 1.25 bits per heavy atom. The zero-order chi connectivity index (χ0) is 25.8. The molecule has 12 heteroatoms. The highest BCUT2D eigenvalue weighted by Crippen LogP contribution is 2.23. The maximum Gasteiger partial charge on any atom is 0.282 e. The van der Waals surface area contributed by atoms with Gasteiger partial charge in [0.25, 0.3) is 17.2 Å². The van der Waals surface area contributed by atoms with E-state index in [9.17, 15) is 24.1 Å². The minimum atomic E-state index is -0.593. The van der Waals surface area contributed by atoms with Gasteiger partial charge in [0.1, 0.15) is 17.4 Å². The zero-order valence-corrected chi connectivity index (χ0v) is 20.2. The van der Waals surface area contributed by atoms with E-state index < -0.39 is 28.8 Å². The summed E-state index contributed by atoms with van der Waals surface area (Å²) < 4.78 is 20.6. The monoisotopic (exact) mass is 553 g/mol. The van der Waals surface area contributed by atoms with Gasteiger partial charge in [-0.25, -0.2) is 9.37 Å². The summed E-state index contributed by atoms with van der Waals surface area (Å²) in [6.45, 7) is 1.14. The molecule has 10 nitrogen and oxygen atoms in total. The molecule has 0 radical (unpaired) electrons. The van der Waals surface area contributed by atoms with Crippen molar-refractivity contribution in [3.05, 3.63) is 103 Å². The topological polar surface area (TPSA) is 129 Å². The summed E-state index contributed by atoms with van der Waals surface area (Å²) in [6.07, 6.45) is 1.21. The Bertz CT molecular complexity index is 1590. The molecule has 0 spiro atoms. The molecule has 0 aliphatic carbocycles. The quantitative estimate of drug-likeness (QED) is 0.205. The predicted molar refractivity (Wildman–Crippen MR) is 135 cm³/mol. The highest BCUT2D eigenvalue weighted by Gasteiger charge is 2.14. The number of nitrogens with zero attached hydrogens (tertiary/aromatic N) is 4. The van der Waals surface area contributed by atoms with E-state index in [-0.39, 0.29) is 22.7 Å². The third-order valence-corrected chi connectivity index (χ3v) is 5.45. The molecule has 0 aliphatic rings. The van der Waals surface area contributed by atoms with Crippen molar-refractivity contribution < 1.29 is 18.8 Å². The number of amides is 1. The van der Waals surface area contributed by atoms with E-state index in [4.69, 9.17) is 4.74 Å². The summed E-state index contributed by atoms with van der Waals surface area (Å²) in [4.78, 5) is 40.3. The fourth-order valence-corrected chi connectivity index (χ4v) is 3.67. The molecular formula is C24H17BrFN5O5. The summed E-state index contributed by atoms with van der Waals surface area (Å²) in [5.41, 5.74) is 0.230. The minimum absolute atomic E-state index is 0.112. The number of carbonyl (C=O) groups excluding carboxylic acids is 1. The van der Waals surface area contributed by atoms with Gasteiger partial charge in [0.05, 0.1) is 22.0 Å². The number of nitro groups is 1. The van der Waals surface area contributed by atoms with Gasteiger partial charge in [-0.1, -0.05) is 22.0 Å². The van der Waals surface area contributed by atoms with Crippen LogP contribution in [0.1, 0.15) is 11.4 Å². The molecule has 36 heavy (non-hydrogen) atoms. The van der Waals surface area contributed by atoms with Crippen LogP contribution in [0.4, 0.5) is 15.8 Å². The zero-order valence-electron chi connectivity index (χ0n) is 18.6. The third kappa shape index (κ3) is 5.61. The van der Waals surface area contributed by atoms with Crippen LogP contribution in [-0.2, 0) is 4.79 Å². The Hall–Kier alpha value is -4.45. The molecule has 4 aromatic rings. The second-order valence-corrected chi connectivity index (χ2v) is 8.42. The van der Waals surface area contributed by atoms with Gasteiger partial charge in [-0.05, 0) is 49.4 Å². The van der Waals surface area contributed by atoms with E-state index in [1.54, 1.807) is 25.1 Å². The number of hydrogen-bond donors (Lipinski definition) is 1. The van der Waals surface area contributed by atoms with Crippen LogP contribution < -0.4 is 15.6 Å². The van der Waals surface area contributed by atoms with Crippen LogP contribution in [0.25, 0.3) is 10.9 Å². The minimum Gasteiger partial charge on any atom is -0.483 e. The molecule has 1 aromatic heterocycles. The van der Waals surface area contributed by atoms with Gasteiger partial charge in [-0.15, -0.1) is 0 Å². The first kappa shape index (κ1) is 24.7. The lowest BCUT2D eigenvalue weighted by molar-refractivity contribution is -0.384. The van der Waals surface area contributed by atoms with Gasteiger partial charge in [-0.3, -0.25) is 19.7 Å². The highest BCUT2D eigenvalue weighted by atomic mass is 79.9. The molecule has 0 atom stereocenters. The Labute approximate surface area is 211 Å². The number of ether oxygens (including phenoxy) is 1. The van der Waals surface area contributed by atoms with Crippen molar-refractivity contribution in [1.82, 2.24) is 9.66 Å². The van der Waals surface area contributed by atoms with Crippen molar-refractivity contribution in [3.63, 3.8) is 0 Å². The highest BCUT2D eigenvalue weighted by molar-refractivity contribution is 9.10. The van der Waals surface area contributed by atoms with E-state index in [2.05, 4.69) is 31.3 Å². The Morgan fingerprint density at radius 2 is 2.06 bits per heavy atom. The van der Waals surface area contributed by atoms with E-state index in [0.29, 0.717) is 21.2 Å². The van der Waals surface area contributed by atoms with Crippen molar-refractivity contribution in [2.75, 3.05) is 11.9 Å². The van der Waals surface area contributed by atoms with Gasteiger partial charge in [0, 0.05) is 27.9 Å². The Kier molecular flexibility index (Phi) is 7.15. The smallest absolute Gasteiger partial charge is 0.282 e. The van der Waals surface area contributed by atoms with Crippen molar-refractivity contribution >= 4 is 50.3 Å². The number of carbonyl (C=O) groups is 1. The first-order valence-corrected chi connectivity index (χ1v) is 11.2. The van der Waals surface area contributed by atoms with Gasteiger partial charge in [-0.2, -0.15) is 9.78 Å². The molecule has 0 unspecified atom stereocenters. The summed E-state index contributed by atoms with van der Waals surface area (Å²) in [5.74, 6) is -0.670. The number of nitrogens with one attached hydrogen (secondary N) is 1. The molecule has 1 heterocycles. The standard InChI is InChI=1S/C24H17BrFN5O5/c1-14-28-21-7-5-16(25)10-20(21)24(33)30(14)27-12-15-9-19(31(34)35)6-8-22(15)36-13-23(32)29-18-4-2-3-17(26)11-18/h2-12H,13H2,1H3,(H,29,32). The summed E-state index contributed by atoms with van der Waals surface area (Å²) in [6, 6.07) is 14.2. The van der Waals surface area contributed by atoms with Crippen LogP contribution in [0.3, 0.4) is 0 Å². The lowest BCUT2D eigenvalue weighted by atomic mass is 10.2. The molecule has 0 saturated carbocycles. The molecule has 0 fully saturated rings. The van der Waals surface area contributed by atoms with Gasteiger partial charge in [0.2, 0.25) is 0 Å². The third-order valence-electron chi connectivity index (χ3n) is 4.95. The number of fused-ring (bicyclic) bond motifs is 1. The van der Waals surface area contributed by atoms with Crippen LogP contribution >= 0.6 is 15.9 Å². The average molecular weight is 554 g/mol. The number of benzene rings is 3. The molecular weight excluding hydrogens is 537 g/mol. The maximum atomic E-state index is 13.3. The van der Waals surface area contributed by atoms with Crippen LogP contribution in [-0.4, -0.2) is 33.3 Å². The number of rotatable bonds is 7. The average Bonchev–Trinajstić information content (AvgIpc) is 2.83. The molecule has 0 aliphatic heterocycles. The molecule has 1 amide bonds. The lowest BCUT2D eigenvalue weighted by Gasteiger charge is -2.10. The van der Waals surface area contributed by atoms with Gasteiger partial charge >= 0.3 is 0 Å². The largest absolute Gasteiger partial charge is 0.483 e. The van der Waals surface area contributed by atoms with E-state index in [1.807, 2.05) is 0 Å². The van der Waals surface area contributed by atoms with E-state index >= 15 is 0 Å².